The van der Waals surface area contributed by atoms with Crippen molar-refractivity contribution in [3.63, 3.8) is 0 Å². The maximum atomic E-state index is 13.0. The molecule has 0 bridgehead atoms. The summed E-state index contributed by atoms with van der Waals surface area (Å²) in [6, 6.07) is 0. The molecule has 0 aliphatic carbocycles. The van der Waals surface area contributed by atoms with Crippen LogP contribution in [0.2, 0.25) is 0 Å². The molecule has 316 valence electrons. The van der Waals surface area contributed by atoms with Crippen molar-refractivity contribution in [1.82, 2.24) is 9.80 Å². The summed E-state index contributed by atoms with van der Waals surface area (Å²) in [4.78, 5) is 41.5. The van der Waals surface area contributed by atoms with Crippen LogP contribution in [-0.4, -0.2) is 74.6 Å². The molecule has 0 aliphatic heterocycles. The lowest BCUT2D eigenvalue weighted by Gasteiger charge is -2.24. The zero-order chi connectivity index (χ0) is 39.9. The van der Waals surface area contributed by atoms with Crippen LogP contribution in [-0.2, 0) is 23.9 Å². The van der Waals surface area contributed by atoms with E-state index in [0.717, 1.165) is 109 Å². The molecular weight excluding hydrogens is 673 g/mol. The summed E-state index contributed by atoms with van der Waals surface area (Å²) in [5, 5.41) is 0. The van der Waals surface area contributed by atoms with Crippen molar-refractivity contribution in [3.8, 4) is 0 Å². The molecule has 0 saturated heterocycles. The van der Waals surface area contributed by atoms with E-state index in [0.29, 0.717) is 32.5 Å². The molecule has 0 heterocycles. The Balaban J connectivity index is 4.19. The minimum Gasteiger partial charge on any atom is -0.461 e. The second-order valence-electron chi connectivity index (χ2n) is 16.1. The molecule has 0 aliphatic rings. The van der Waals surface area contributed by atoms with Gasteiger partial charge in [0.15, 0.2) is 0 Å². The van der Waals surface area contributed by atoms with E-state index in [4.69, 9.17) is 9.47 Å². The average molecular weight is 761 g/mol. The highest BCUT2D eigenvalue weighted by atomic mass is 16.5. The van der Waals surface area contributed by atoms with Crippen LogP contribution in [0.5, 0.6) is 0 Å². The standard InChI is InChI=1S/C47H88N2O5/c1-7-11-29-43(30-12-8-2)33-23-27-41-53-46(51)35-21-17-15-19-25-38-49(45(50)37-40-48(5)6)39-26-20-16-18-22-36-47(52)54-42-28-24-34-44(31-13-9-3)32-14-10-4/h23-24,27-28,43-44H,7-22,25-26,29-42H2,1-6H3. The summed E-state index contributed by atoms with van der Waals surface area (Å²) in [6.07, 6.45) is 37.5. The Morgan fingerprint density at radius 2 is 0.833 bits per heavy atom. The van der Waals surface area contributed by atoms with Crippen LogP contribution in [0, 0.1) is 11.8 Å². The van der Waals surface area contributed by atoms with E-state index < -0.39 is 0 Å². The van der Waals surface area contributed by atoms with Gasteiger partial charge >= 0.3 is 11.9 Å². The molecule has 0 N–H and O–H groups in total. The number of carbonyl (C=O) groups excluding carboxylic acids is 3. The highest BCUT2D eigenvalue weighted by molar-refractivity contribution is 5.76. The highest BCUT2D eigenvalue weighted by Gasteiger charge is 2.14. The van der Waals surface area contributed by atoms with E-state index in [9.17, 15) is 14.4 Å². The van der Waals surface area contributed by atoms with Gasteiger partial charge in [-0.25, -0.2) is 0 Å². The first-order valence-electron chi connectivity index (χ1n) is 22.8. The Hall–Kier alpha value is -2.15. The molecule has 7 heteroatoms. The maximum Gasteiger partial charge on any atom is 0.306 e. The normalized spacial score (nSPS) is 11.9. The molecule has 0 atom stereocenters. The van der Waals surface area contributed by atoms with Crippen LogP contribution < -0.4 is 0 Å². The second kappa shape index (κ2) is 39.1. The molecule has 1 amide bonds. The molecule has 0 unspecified atom stereocenters. The van der Waals surface area contributed by atoms with Crippen LogP contribution in [0.4, 0.5) is 0 Å². The van der Waals surface area contributed by atoms with Gasteiger partial charge in [-0.2, -0.15) is 0 Å². The van der Waals surface area contributed by atoms with Gasteiger partial charge in [-0.05, 0) is 64.5 Å². The smallest absolute Gasteiger partial charge is 0.306 e. The average Bonchev–Trinajstić information content (AvgIpc) is 3.16. The number of hydrogen-bond donors (Lipinski definition) is 0. The van der Waals surface area contributed by atoms with E-state index >= 15 is 0 Å². The lowest BCUT2D eigenvalue weighted by atomic mass is 9.93. The van der Waals surface area contributed by atoms with Crippen LogP contribution >= 0.6 is 0 Å². The fourth-order valence-electron chi connectivity index (χ4n) is 6.91. The molecule has 0 aromatic rings. The highest BCUT2D eigenvalue weighted by Crippen LogP contribution is 2.21. The van der Waals surface area contributed by atoms with Gasteiger partial charge in [-0.3, -0.25) is 14.4 Å². The van der Waals surface area contributed by atoms with Crippen LogP contribution in [0.25, 0.3) is 0 Å². The van der Waals surface area contributed by atoms with Crippen LogP contribution in [0.15, 0.2) is 24.3 Å². The van der Waals surface area contributed by atoms with Gasteiger partial charge in [0, 0.05) is 38.9 Å². The van der Waals surface area contributed by atoms with Crippen molar-refractivity contribution >= 4 is 17.8 Å². The first-order valence-corrected chi connectivity index (χ1v) is 22.8. The van der Waals surface area contributed by atoms with Crippen molar-refractivity contribution in [1.29, 1.82) is 0 Å². The zero-order valence-electron chi connectivity index (χ0n) is 36.5. The number of carbonyl (C=O) groups is 3. The van der Waals surface area contributed by atoms with Gasteiger partial charge in [-0.1, -0.05) is 168 Å². The van der Waals surface area contributed by atoms with Gasteiger partial charge in [0.1, 0.15) is 13.2 Å². The monoisotopic (exact) mass is 761 g/mol. The number of rotatable bonds is 39. The number of unbranched alkanes of at least 4 members (excludes halogenated alkanes) is 12. The third-order valence-corrected chi connectivity index (χ3v) is 10.6. The van der Waals surface area contributed by atoms with Crippen molar-refractivity contribution in [3.05, 3.63) is 24.3 Å². The lowest BCUT2D eigenvalue weighted by molar-refractivity contribution is -0.143. The SMILES string of the molecule is CCCCC(CC=CCOC(=O)CCCCCCCN(CCCCCCCC(=O)OCC=CCC(CCCC)CCCC)C(=O)CCN(C)C)CCCC. The Labute approximate surface area is 334 Å². The largest absolute Gasteiger partial charge is 0.461 e. The Morgan fingerprint density at radius 1 is 0.463 bits per heavy atom. The predicted octanol–water partition coefficient (Wildman–Crippen LogP) is 12.4. The van der Waals surface area contributed by atoms with Crippen LogP contribution in [0.3, 0.4) is 0 Å². The second-order valence-corrected chi connectivity index (χ2v) is 16.1. The third-order valence-electron chi connectivity index (χ3n) is 10.6. The van der Waals surface area contributed by atoms with E-state index in [1.54, 1.807) is 0 Å². The van der Waals surface area contributed by atoms with Gasteiger partial charge in [0.25, 0.3) is 0 Å². The van der Waals surface area contributed by atoms with Gasteiger partial charge in [-0.15, -0.1) is 0 Å². The molecule has 7 nitrogen and oxygen atoms in total. The lowest BCUT2D eigenvalue weighted by Crippen LogP contribution is -2.34. The molecule has 0 aromatic heterocycles. The Kier molecular flexibility index (Phi) is 37.5. The molecule has 0 radical (unpaired) electrons. The molecule has 0 rings (SSSR count). The number of ether oxygens (including phenoxy) is 2. The van der Waals surface area contributed by atoms with E-state index in [1.165, 1.54) is 77.0 Å². The number of allylic oxidation sites excluding steroid dienone is 2. The minimum atomic E-state index is -0.0993. The first kappa shape index (κ1) is 51.9. The summed E-state index contributed by atoms with van der Waals surface area (Å²) >= 11 is 0. The summed E-state index contributed by atoms with van der Waals surface area (Å²) < 4.78 is 10.9. The maximum absolute atomic E-state index is 13.0. The van der Waals surface area contributed by atoms with E-state index in [-0.39, 0.29) is 17.8 Å². The molecule has 0 spiro atoms. The van der Waals surface area contributed by atoms with Gasteiger partial charge in [0.2, 0.25) is 5.91 Å². The summed E-state index contributed by atoms with van der Waals surface area (Å²) in [5.74, 6) is 1.56. The molecule has 0 fully saturated rings. The van der Waals surface area contributed by atoms with Crippen molar-refractivity contribution in [2.45, 2.75) is 201 Å². The molecule has 54 heavy (non-hydrogen) atoms. The molecule has 0 saturated carbocycles. The Bertz CT molecular complexity index is 855. The van der Waals surface area contributed by atoms with E-state index in [1.807, 2.05) is 26.2 Å². The van der Waals surface area contributed by atoms with E-state index in [2.05, 4.69) is 49.6 Å². The summed E-state index contributed by atoms with van der Waals surface area (Å²) in [6.45, 7) is 12.2. The zero-order valence-corrected chi connectivity index (χ0v) is 36.5. The van der Waals surface area contributed by atoms with Crippen molar-refractivity contribution in [2.24, 2.45) is 11.8 Å². The number of nitrogens with zero attached hydrogens (tertiary/aromatic N) is 2. The predicted molar refractivity (Wildman–Crippen MR) is 230 cm³/mol. The summed E-state index contributed by atoms with van der Waals surface area (Å²) in [7, 11) is 4.02. The van der Waals surface area contributed by atoms with Crippen molar-refractivity contribution < 1.29 is 23.9 Å². The third kappa shape index (κ3) is 34.3. The number of esters is 2. The Morgan fingerprint density at radius 3 is 1.20 bits per heavy atom. The quantitative estimate of drug-likeness (QED) is 0.0353. The van der Waals surface area contributed by atoms with Crippen LogP contribution in [0.1, 0.15) is 201 Å². The van der Waals surface area contributed by atoms with Gasteiger partial charge < -0.3 is 19.3 Å². The fourth-order valence-corrected chi connectivity index (χ4v) is 6.91. The number of hydrogen-bond acceptors (Lipinski definition) is 6. The van der Waals surface area contributed by atoms with Gasteiger partial charge in [0.05, 0.1) is 0 Å². The summed E-state index contributed by atoms with van der Waals surface area (Å²) in [5.41, 5.74) is 0. The number of amides is 1. The topological polar surface area (TPSA) is 76.1 Å². The first-order chi connectivity index (χ1) is 26.3. The molecular formula is C47H88N2O5. The van der Waals surface area contributed by atoms with Crippen molar-refractivity contribution in [2.75, 3.05) is 46.9 Å². The minimum absolute atomic E-state index is 0.0993. The fraction of sp³-hybridized carbons (Fsp3) is 0.851. The molecule has 0 aromatic carbocycles.